The standard InChI is InChI=1S/C20H27N3O3/c1-26-13-12-23(19(24)11-10-15-6-2-3-7-15)14-18-21-17-9-5-4-8-16(17)20(25)22-18/h4-5,8-9,15H,2-3,6-7,10-14H2,1H3,(H,21,22,25). The number of hydrogen-bond donors (Lipinski definition) is 1. The summed E-state index contributed by atoms with van der Waals surface area (Å²) in [6.07, 6.45) is 6.55. The van der Waals surface area contributed by atoms with Crippen LogP contribution in [-0.4, -0.2) is 41.0 Å². The number of benzene rings is 1. The zero-order valence-corrected chi connectivity index (χ0v) is 15.4. The third kappa shape index (κ3) is 4.69. The van der Waals surface area contributed by atoms with Gasteiger partial charge in [0.1, 0.15) is 5.82 Å². The number of para-hydroxylation sites is 1. The molecule has 0 radical (unpaired) electrons. The van der Waals surface area contributed by atoms with E-state index < -0.39 is 0 Å². The molecule has 1 aliphatic rings. The first-order chi connectivity index (χ1) is 12.7. The van der Waals surface area contributed by atoms with E-state index in [0.29, 0.717) is 48.8 Å². The van der Waals surface area contributed by atoms with Gasteiger partial charge in [-0.1, -0.05) is 37.8 Å². The second kappa shape index (κ2) is 8.94. The zero-order chi connectivity index (χ0) is 18.4. The summed E-state index contributed by atoms with van der Waals surface area (Å²) in [6.45, 7) is 1.26. The van der Waals surface area contributed by atoms with Crippen LogP contribution in [0.15, 0.2) is 29.1 Å². The number of fused-ring (bicyclic) bond motifs is 1. The Labute approximate surface area is 153 Å². The lowest BCUT2D eigenvalue weighted by Gasteiger charge is -2.22. The summed E-state index contributed by atoms with van der Waals surface area (Å²) in [6, 6.07) is 7.24. The van der Waals surface area contributed by atoms with Gasteiger partial charge in [-0.2, -0.15) is 0 Å². The highest BCUT2D eigenvalue weighted by atomic mass is 16.5. The molecule has 6 nitrogen and oxygen atoms in total. The van der Waals surface area contributed by atoms with E-state index in [2.05, 4.69) is 9.97 Å². The van der Waals surface area contributed by atoms with Gasteiger partial charge in [0.25, 0.3) is 5.56 Å². The summed E-state index contributed by atoms with van der Waals surface area (Å²) in [5.74, 6) is 1.30. The van der Waals surface area contributed by atoms with Crippen molar-refractivity contribution in [2.24, 2.45) is 5.92 Å². The first kappa shape index (κ1) is 18.6. The topological polar surface area (TPSA) is 75.3 Å². The molecule has 1 N–H and O–H groups in total. The molecule has 6 heteroatoms. The SMILES string of the molecule is COCCN(Cc1nc2ccccc2c(=O)[nH]1)C(=O)CCC1CCCC1. The molecule has 1 aliphatic carbocycles. The first-order valence-electron chi connectivity index (χ1n) is 9.42. The zero-order valence-electron chi connectivity index (χ0n) is 15.4. The maximum Gasteiger partial charge on any atom is 0.258 e. The van der Waals surface area contributed by atoms with Gasteiger partial charge in [0, 0.05) is 20.1 Å². The molecule has 0 atom stereocenters. The fourth-order valence-electron chi connectivity index (χ4n) is 3.67. The number of hydrogen-bond acceptors (Lipinski definition) is 4. The molecule has 0 spiro atoms. The van der Waals surface area contributed by atoms with Crippen LogP contribution in [-0.2, 0) is 16.1 Å². The summed E-state index contributed by atoms with van der Waals surface area (Å²) < 4.78 is 5.15. The summed E-state index contributed by atoms with van der Waals surface area (Å²) in [7, 11) is 1.62. The molecule has 0 aliphatic heterocycles. The van der Waals surface area contributed by atoms with E-state index in [1.54, 1.807) is 18.1 Å². The molecule has 0 saturated heterocycles. The summed E-state index contributed by atoms with van der Waals surface area (Å²) in [5.41, 5.74) is 0.479. The van der Waals surface area contributed by atoms with Crippen molar-refractivity contribution >= 4 is 16.8 Å². The molecule has 140 valence electrons. The van der Waals surface area contributed by atoms with Gasteiger partial charge in [0.15, 0.2) is 0 Å². The van der Waals surface area contributed by atoms with E-state index in [1.807, 2.05) is 18.2 Å². The molecular formula is C20H27N3O3. The molecule has 1 fully saturated rings. The quantitative estimate of drug-likeness (QED) is 0.788. The minimum Gasteiger partial charge on any atom is -0.383 e. The van der Waals surface area contributed by atoms with E-state index in [-0.39, 0.29) is 11.5 Å². The van der Waals surface area contributed by atoms with Crippen LogP contribution in [0.25, 0.3) is 10.9 Å². The van der Waals surface area contributed by atoms with Gasteiger partial charge in [0.05, 0.1) is 24.1 Å². The van der Waals surface area contributed by atoms with E-state index in [1.165, 1.54) is 25.7 Å². The van der Waals surface area contributed by atoms with Crippen LogP contribution in [0.3, 0.4) is 0 Å². The van der Waals surface area contributed by atoms with Gasteiger partial charge >= 0.3 is 0 Å². The molecular weight excluding hydrogens is 330 g/mol. The number of aromatic nitrogens is 2. The molecule has 1 heterocycles. The van der Waals surface area contributed by atoms with E-state index >= 15 is 0 Å². The van der Waals surface area contributed by atoms with Gasteiger partial charge in [0.2, 0.25) is 5.91 Å². The van der Waals surface area contributed by atoms with E-state index in [4.69, 9.17) is 4.74 Å². The van der Waals surface area contributed by atoms with Gasteiger partial charge in [-0.15, -0.1) is 0 Å². The molecule has 0 bridgehead atoms. The Bertz CT molecular complexity index is 796. The number of amides is 1. The number of aromatic amines is 1. The lowest BCUT2D eigenvalue weighted by molar-refractivity contribution is -0.132. The third-order valence-corrected chi connectivity index (χ3v) is 5.16. The molecule has 3 rings (SSSR count). The van der Waals surface area contributed by atoms with Gasteiger partial charge in [-0.05, 0) is 24.5 Å². The molecule has 1 aromatic carbocycles. The smallest absolute Gasteiger partial charge is 0.258 e. The minimum atomic E-state index is -0.171. The van der Waals surface area contributed by atoms with Crippen molar-refractivity contribution in [1.29, 1.82) is 0 Å². The van der Waals surface area contributed by atoms with Crippen molar-refractivity contribution < 1.29 is 9.53 Å². The lowest BCUT2D eigenvalue weighted by atomic mass is 10.0. The molecule has 0 unspecified atom stereocenters. The average molecular weight is 357 g/mol. The predicted octanol–water partition coefficient (Wildman–Crippen LogP) is 2.87. The van der Waals surface area contributed by atoms with Crippen LogP contribution < -0.4 is 5.56 Å². The molecule has 2 aromatic rings. The highest BCUT2D eigenvalue weighted by Gasteiger charge is 2.20. The average Bonchev–Trinajstić information content (AvgIpc) is 3.17. The highest BCUT2D eigenvalue weighted by Crippen LogP contribution is 2.28. The van der Waals surface area contributed by atoms with Crippen molar-refractivity contribution in [3.63, 3.8) is 0 Å². The number of rotatable bonds is 8. The lowest BCUT2D eigenvalue weighted by Crippen LogP contribution is -2.34. The van der Waals surface area contributed by atoms with Crippen LogP contribution in [0.5, 0.6) is 0 Å². The number of carbonyl (C=O) groups excluding carboxylic acids is 1. The van der Waals surface area contributed by atoms with E-state index in [9.17, 15) is 9.59 Å². The number of carbonyl (C=O) groups is 1. The number of nitrogens with one attached hydrogen (secondary N) is 1. The Morgan fingerprint density at radius 1 is 1.31 bits per heavy atom. The van der Waals surface area contributed by atoms with Crippen molar-refractivity contribution in [3.8, 4) is 0 Å². The summed E-state index contributed by atoms with van der Waals surface area (Å²) >= 11 is 0. The maximum absolute atomic E-state index is 12.7. The number of ether oxygens (including phenoxy) is 1. The van der Waals surface area contributed by atoms with Crippen LogP contribution in [0.2, 0.25) is 0 Å². The first-order valence-corrected chi connectivity index (χ1v) is 9.42. The normalized spacial score (nSPS) is 14.8. The molecule has 1 saturated carbocycles. The molecule has 26 heavy (non-hydrogen) atoms. The van der Waals surface area contributed by atoms with E-state index in [0.717, 1.165) is 6.42 Å². The predicted molar refractivity (Wildman–Crippen MR) is 101 cm³/mol. The minimum absolute atomic E-state index is 0.102. The summed E-state index contributed by atoms with van der Waals surface area (Å²) in [4.78, 5) is 34.0. The fourth-order valence-corrected chi connectivity index (χ4v) is 3.67. The van der Waals surface area contributed by atoms with Crippen molar-refractivity contribution in [2.45, 2.75) is 45.1 Å². The monoisotopic (exact) mass is 357 g/mol. The number of H-pyrrole nitrogens is 1. The summed E-state index contributed by atoms with van der Waals surface area (Å²) in [5, 5.41) is 0.562. The highest BCUT2D eigenvalue weighted by molar-refractivity contribution is 5.78. The fraction of sp³-hybridized carbons (Fsp3) is 0.550. The largest absolute Gasteiger partial charge is 0.383 e. The molecule has 1 aromatic heterocycles. The van der Waals surface area contributed by atoms with Crippen molar-refractivity contribution in [2.75, 3.05) is 20.3 Å². The second-order valence-electron chi connectivity index (χ2n) is 7.03. The van der Waals surface area contributed by atoms with Crippen LogP contribution >= 0.6 is 0 Å². The maximum atomic E-state index is 12.7. The van der Waals surface area contributed by atoms with Crippen LogP contribution in [0.4, 0.5) is 0 Å². The van der Waals surface area contributed by atoms with Crippen molar-refractivity contribution in [3.05, 3.63) is 40.4 Å². The van der Waals surface area contributed by atoms with Gasteiger partial charge in [-0.25, -0.2) is 4.98 Å². The second-order valence-corrected chi connectivity index (χ2v) is 7.03. The van der Waals surface area contributed by atoms with Gasteiger partial charge < -0.3 is 14.6 Å². The Morgan fingerprint density at radius 3 is 2.85 bits per heavy atom. The molecule has 1 amide bonds. The number of methoxy groups -OCH3 is 1. The van der Waals surface area contributed by atoms with Gasteiger partial charge in [-0.3, -0.25) is 9.59 Å². The Balaban J connectivity index is 1.70. The number of nitrogens with zero attached hydrogens (tertiary/aromatic N) is 2. The Hall–Kier alpha value is -2.21. The van der Waals surface area contributed by atoms with Crippen LogP contribution in [0, 0.1) is 5.92 Å². The Kier molecular flexibility index (Phi) is 6.39. The van der Waals surface area contributed by atoms with Crippen LogP contribution in [0.1, 0.15) is 44.3 Å². The third-order valence-electron chi connectivity index (χ3n) is 5.16. The Morgan fingerprint density at radius 2 is 2.08 bits per heavy atom. The van der Waals surface area contributed by atoms with Crippen molar-refractivity contribution in [1.82, 2.24) is 14.9 Å².